The summed E-state index contributed by atoms with van der Waals surface area (Å²) in [4.78, 5) is 11.7. The quantitative estimate of drug-likeness (QED) is 0.612. The van der Waals surface area contributed by atoms with E-state index < -0.39 is 11.8 Å². The Morgan fingerprint density at radius 1 is 1.00 bits per heavy atom. The molecule has 2 fully saturated rings. The number of hydrogen-bond acceptors (Lipinski definition) is 2. The van der Waals surface area contributed by atoms with Crippen molar-refractivity contribution in [1.82, 2.24) is 0 Å². The number of rotatable bonds is 3. The molecule has 1 aromatic carbocycles. The van der Waals surface area contributed by atoms with E-state index in [1.807, 2.05) is 0 Å². The highest BCUT2D eigenvalue weighted by Crippen LogP contribution is 2.48. The first kappa shape index (κ1) is 19.0. The molecule has 0 spiro atoms. The Labute approximate surface area is 162 Å². The van der Waals surface area contributed by atoms with Crippen LogP contribution in [0.1, 0.15) is 79.8 Å². The summed E-state index contributed by atoms with van der Waals surface area (Å²) in [5.74, 6) is 3.37. The molecule has 3 aliphatic rings. The summed E-state index contributed by atoms with van der Waals surface area (Å²) in [7, 11) is 1.31. The van der Waals surface area contributed by atoms with Gasteiger partial charge >= 0.3 is 5.97 Å². The van der Waals surface area contributed by atoms with Crippen molar-refractivity contribution >= 4 is 5.97 Å². The molecule has 0 heterocycles. The molecule has 5 atom stereocenters. The Morgan fingerprint density at radius 3 is 2.44 bits per heavy atom. The second kappa shape index (κ2) is 7.93. The first-order chi connectivity index (χ1) is 13.1. The highest BCUT2D eigenvalue weighted by atomic mass is 19.1. The third kappa shape index (κ3) is 3.79. The van der Waals surface area contributed by atoms with Crippen LogP contribution < -0.4 is 0 Å². The molecule has 0 aliphatic heterocycles. The van der Waals surface area contributed by atoms with Crippen LogP contribution in [-0.4, -0.2) is 13.1 Å². The standard InChI is InChI=1S/C24H33FO2/c1-3-15-4-5-17-11-18(7-6-16(17)10-15)19-8-9-20-13-22(24(26)27-2)23(25)14-21(20)12-19/h13-19H,3-12H2,1-2H3. The van der Waals surface area contributed by atoms with Crippen LogP contribution in [0.4, 0.5) is 4.39 Å². The molecular weight excluding hydrogens is 339 g/mol. The highest BCUT2D eigenvalue weighted by Gasteiger charge is 2.38. The summed E-state index contributed by atoms with van der Waals surface area (Å²) in [5.41, 5.74) is 2.35. The fraction of sp³-hybridized carbons (Fsp3) is 0.708. The van der Waals surface area contributed by atoms with Crippen LogP contribution in [0.25, 0.3) is 0 Å². The van der Waals surface area contributed by atoms with Crippen molar-refractivity contribution in [2.45, 2.75) is 71.1 Å². The lowest BCUT2D eigenvalue weighted by atomic mass is 9.61. The van der Waals surface area contributed by atoms with E-state index in [4.69, 9.17) is 4.74 Å². The highest BCUT2D eigenvalue weighted by molar-refractivity contribution is 5.90. The van der Waals surface area contributed by atoms with E-state index in [1.165, 1.54) is 58.5 Å². The summed E-state index contributed by atoms with van der Waals surface area (Å²) < 4.78 is 19.1. The average Bonchev–Trinajstić information content (AvgIpc) is 2.71. The smallest absolute Gasteiger partial charge is 0.340 e. The van der Waals surface area contributed by atoms with Crippen molar-refractivity contribution in [3.8, 4) is 0 Å². The molecule has 2 saturated carbocycles. The van der Waals surface area contributed by atoms with Crippen LogP contribution >= 0.6 is 0 Å². The van der Waals surface area contributed by atoms with Crippen molar-refractivity contribution in [3.05, 3.63) is 34.6 Å². The van der Waals surface area contributed by atoms with E-state index in [1.54, 1.807) is 12.1 Å². The van der Waals surface area contributed by atoms with Gasteiger partial charge in [0.2, 0.25) is 0 Å². The first-order valence-corrected chi connectivity index (χ1v) is 11.0. The number of hydrogen-bond donors (Lipinski definition) is 0. The molecular formula is C24H33FO2. The summed E-state index contributed by atoms with van der Waals surface area (Å²) in [6.45, 7) is 2.35. The zero-order chi connectivity index (χ0) is 19.0. The number of carbonyl (C=O) groups is 1. The van der Waals surface area contributed by atoms with E-state index in [0.29, 0.717) is 5.92 Å². The lowest BCUT2D eigenvalue weighted by Gasteiger charge is -2.45. The van der Waals surface area contributed by atoms with Crippen molar-refractivity contribution < 1.29 is 13.9 Å². The van der Waals surface area contributed by atoms with Crippen LogP contribution in [0.3, 0.4) is 0 Å². The van der Waals surface area contributed by atoms with E-state index in [2.05, 4.69) is 6.92 Å². The van der Waals surface area contributed by atoms with Gasteiger partial charge in [0.25, 0.3) is 0 Å². The monoisotopic (exact) mass is 372 g/mol. The fourth-order valence-electron chi connectivity index (χ4n) is 6.30. The van der Waals surface area contributed by atoms with Gasteiger partial charge in [-0.25, -0.2) is 9.18 Å². The zero-order valence-electron chi connectivity index (χ0n) is 16.8. The van der Waals surface area contributed by atoms with Crippen molar-refractivity contribution in [2.24, 2.45) is 29.6 Å². The second-order valence-corrected chi connectivity index (χ2v) is 9.28. The summed E-state index contributed by atoms with van der Waals surface area (Å²) in [5, 5.41) is 0. The Bertz CT molecular complexity index is 698. The van der Waals surface area contributed by atoms with Crippen LogP contribution in [0, 0.1) is 35.4 Å². The van der Waals surface area contributed by atoms with E-state index in [-0.39, 0.29) is 5.56 Å². The number of esters is 1. The molecule has 0 aromatic heterocycles. The molecule has 4 rings (SSSR count). The molecule has 0 amide bonds. The first-order valence-electron chi connectivity index (χ1n) is 11.0. The number of ether oxygens (including phenoxy) is 1. The molecule has 2 nitrogen and oxygen atoms in total. The van der Waals surface area contributed by atoms with Crippen LogP contribution in [-0.2, 0) is 17.6 Å². The van der Waals surface area contributed by atoms with Crippen LogP contribution in [0.5, 0.6) is 0 Å². The maximum atomic E-state index is 14.4. The van der Waals surface area contributed by atoms with Gasteiger partial charge in [-0.1, -0.05) is 19.8 Å². The summed E-state index contributed by atoms with van der Waals surface area (Å²) in [6, 6.07) is 3.33. The zero-order valence-corrected chi connectivity index (χ0v) is 16.8. The maximum Gasteiger partial charge on any atom is 0.340 e. The predicted octanol–water partition coefficient (Wildman–Crippen LogP) is 5.96. The van der Waals surface area contributed by atoms with Gasteiger partial charge < -0.3 is 4.74 Å². The number of halogens is 1. The molecule has 5 unspecified atom stereocenters. The van der Waals surface area contributed by atoms with Gasteiger partial charge in [0.15, 0.2) is 0 Å². The number of fused-ring (bicyclic) bond motifs is 2. The number of methoxy groups -OCH3 is 1. The predicted molar refractivity (Wildman–Crippen MR) is 105 cm³/mol. The van der Waals surface area contributed by atoms with Gasteiger partial charge in [-0.2, -0.15) is 0 Å². The minimum Gasteiger partial charge on any atom is -0.465 e. The Kier molecular flexibility index (Phi) is 5.57. The van der Waals surface area contributed by atoms with Crippen LogP contribution in [0.2, 0.25) is 0 Å². The lowest BCUT2D eigenvalue weighted by molar-refractivity contribution is 0.0595. The number of benzene rings is 1. The summed E-state index contributed by atoms with van der Waals surface area (Å²) in [6.07, 6.45) is 13.0. The molecule has 0 bridgehead atoms. The van der Waals surface area contributed by atoms with Gasteiger partial charge in [0.05, 0.1) is 12.7 Å². The molecule has 0 saturated heterocycles. The average molecular weight is 373 g/mol. The topological polar surface area (TPSA) is 26.3 Å². The van der Waals surface area contributed by atoms with Crippen molar-refractivity contribution in [3.63, 3.8) is 0 Å². The van der Waals surface area contributed by atoms with E-state index in [0.717, 1.165) is 47.6 Å². The third-order valence-corrected chi connectivity index (χ3v) is 7.97. The number of aryl methyl sites for hydroxylation is 1. The molecule has 1 aromatic rings. The van der Waals surface area contributed by atoms with Gasteiger partial charge in [0.1, 0.15) is 5.82 Å². The Morgan fingerprint density at radius 2 is 1.70 bits per heavy atom. The molecule has 27 heavy (non-hydrogen) atoms. The molecule has 3 heteroatoms. The van der Waals surface area contributed by atoms with Gasteiger partial charge in [0, 0.05) is 0 Å². The van der Waals surface area contributed by atoms with Crippen molar-refractivity contribution in [2.75, 3.05) is 7.11 Å². The largest absolute Gasteiger partial charge is 0.465 e. The van der Waals surface area contributed by atoms with Gasteiger partial charge in [-0.3, -0.25) is 0 Å². The SMILES string of the molecule is CCC1CCC2CC(C3CCc4cc(C(=O)OC)c(F)cc4C3)CCC2C1. The second-order valence-electron chi connectivity index (χ2n) is 9.28. The van der Waals surface area contributed by atoms with Crippen molar-refractivity contribution in [1.29, 1.82) is 0 Å². The van der Waals surface area contributed by atoms with Gasteiger partial charge in [-0.05, 0) is 104 Å². The molecule has 148 valence electrons. The summed E-state index contributed by atoms with van der Waals surface area (Å²) >= 11 is 0. The van der Waals surface area contributed by atoms with E-state index >= 15 is 0 Å². The Balaban J connectivity index is 1.43. The van der Waals surface area contributed by atoms with Gasteiger partial charge in [-0.15, -0.1) is 0 Å². The number of carbonyl (C=O) groups excluding carboxylic acids is 1. The molecule has 0 N–H and O–H groups in total. The molecule has 3 aliphatic carbocycles. The molecule has 0 radical (unpaired) electrons. The third-order valence-electron chi connectivity index (χ3n) is 7.97. The maximum absolute atomic E-state index is 14.4. The minimum atomic E-state index is -0.571. The normalized spacial score (nSPS) is 33.1. The lowest BCUT2D eigenvalue weighted by Crippen LogP contribution is -2.35. The van der Waals surface area contributed by atoms with Crippen LogP contribution in [0.15, 0.2) is 12.1 Å². The van der Waals surface area contributed by atoms with E-state index in [9.17, 15) is 9.18 Å². The Hall–Kier alpha value is -1.38. The fourth-order valence-corrected chi connectivity index (χ4v) is 6.30. The minimum absolute atomic E-state index is 0.0860.